The first kappa shape index (κ1) is 19.4. The highest BCUT2D eigenvalue weighted by Gasteiger charge is 2.13. The molecular weight excluding hydrogens is 378 g/mol. The van der Waals surface area contributed by atoms with E-state index in [4.69, 9.17) is 16.3 Å². The van der Waals surface area contributed by atoms with Crippen molar-refractivity contribution in [1.29, 1.82) is 0 Å². The van der Waals surface area contributed by atoms with Crippen molar-refractivity contribution in [2.75, 3.05) is 17.7 Å². The molecule has 3 aromatic rings. The van der Waals surface area contributed by atoms with Crippen LogP contribution in [0.2, 0.25) is 5.02 Å². The molecule has 1 heterocycles. The van der Waals surface area contributed by atoms with Crippen LogP contribution in [0, 0.1) is 6.92 Å². The van der Waals surface area contributed by atoms with Gasteiger partial charge in [-0.3, -0.25) is 14.6 Å². The van der Waals surface area contributed by atoms with E-state index in [1.807, 2.05) is 13.0 Å². The molecule has 0 saturated heterocycles. The first-order chi connectivity index (χ1) is 13.5. The minimum atomic E-state index is -0.429. The number of hydrogen-bond acceptors (Lipinski definition) is 4. The van der Waals surface area contributed by atoms with Crippen LogP contribution in [0.15, 0.2) is 60.8 Å². The molecule has 0 aliphatic heterocycles. The summed E-state index contributed by atoms with van der Waals surface area (Å²) in [5, 5.41) is 6.05. The number of ether oxygens (including phenoxy) is 1. The van der Waals surface area contributed by atoms with Crippen molar-refractivity contribution in [2.45, 2.75) is 6.92 Å². The van der Waals surface area contributed by atoms with E-state index in [0.29, 0.717) is 27.7 Å². The number of nitrogens with one attached hydrogen (secondary N) is 2. The molecule has 0 fully saturated rings. The molecule has 0 aliphatic carbocycles. The predicted octanol–water partition coefficient (Wildman–Crippen LogP) is 4.56. The molecule has 7 heteroatoms. The van der Waals surface area contributed by atoms with Crippen LogP contribution < -0.4 is 15.4 Å². The van der Waals surface area contributed by atoms with E-state index in [-0.39, 0.29) is 11.6 Å². The Labute approximate surface area is 167 Å². The average molecular weight is 396 g/mol. The summed E-state index contributed by atoms with van der Waals surface area (Å²) in [5.74, 6) is -0.172. The Morgan fingerprint density at radius 3 is 2.46 bits per heavy atom. The summed E-state index contributed by atoms with van der Waals surface area (Å²) in [6.07, 6.45) is 1.41. The number of nitrogens with zero attached hydrogens (tertiary/aromatic N) is 1. The van der Waals surface area contributed by atoms with Crippen LogP contribution in [-0.2, 0) is 0 Å². The standard InChI is InChI=1S/C21H18ClN3O3/c1-13-6-7-16(12-18(13)22)24-20(26)14-8-9-23-19(10-14)21(27)25-15-4-3-5-17(11-15)28-2/h3-12H,1-2H3,(H,24,26)(H,25,27). The third kappa shape index (κ3) is 4.66. The Bertz CT molecular complexity index is 1040. The number of aryl methyl sites for hydroxylation is 1. The van der Waals surface area contributed by atoms with Gasteiger partial charge in [0.2, 0.25) is 0 Å². The quantitative estimate of drug-likeness (QED) is 0.663. The summed E-state index contributed by atoms with van der Waals surface area (Å²) in [5.41, 5.74) is 2.48. The predicted molar refractivity (Wildman–Crippen MR) is 109 cm³/mol. The van der Waals surface area contributed by atoms with Crippen LogP contribution in [-0.4, -0.2) is 23.9 Å². The van der Waals surface area contributed by atoms with Crippen LogP contribution >= 0.6 is 11.6 Å². The Morgan fingerprint density at radius 2 is 1.71 bits per heavy atom. The highest BCUT2D eigenvalue weighted by Crippen LogP contribution is 2.21. The van der Waals surface area contributed by atoms with E-state index in [2.05, 4.69) is 15.6 Å². The maximum Gasteiger partial charge on any atom is 0.274 e. The van der Waals surface area contributed by atoms with Gasteiger partial charge in [0.15, 0.2) is 0 Å². The first-order valence-electron chi connectivity index (χ1n) is 8.45. The van der Waals surface area contributed by atoms with Crippen LogP contribution in [0.5, 0.6) is 5.75 Å². The van der Waals surface area contributed by atoms with E-state index in [1.165, 1.54) is 18.3 Å². The van der Waals surface area contributed by atoms with E-state index in [0.717, 1.165) is 5.56 Å². The van der Waals surface area contributed by atoms with Crippen LogP contribution in [0.4, 0.5) is 11.4 Å². The minimum absolute atomic E-state index is 0.123. The molecule has 0 saturated carbocycles. The second-order valence-electron chi connectivity index (χ2n) is 6.03. The van der Waals surface area contributed by atoms with Gasteiger partial charge >= 0.3 is 0 Å². The third-order valence-corrected chi connectivity index (χ3v) is 4.42. The van der Waals surface area contributed by atoms with Crippen LogP contribution in [0.3, 0.4) is 0 Å². The Balaban J connectivity index is 1.74. The van der Waals surface area contributed by atoms with Crippen molar-refractivity contribution < 1.29 is 14.3 Å². The monoisotopic (exact) mass is 395 g/mol. The highest BCUT2D eigenvalue weighted by molar-refractivity contribution is 6.31. The molecule has 1 aromatic heterocycles. The van der Waals surface area contributed by atoms with Gasteiger partial charge in [-0.15, -0.1) is 0 Å². The smallest absolute Gasteiger partial charge is 0.274 e. The number of halogens is 1. The van der Waals surface area contributed by atoms with Gasteiger partial charge in [0, 0.05) is 34.2 Å². The van der Waals surface area contributed by atoms with E-state index < -0.39 is 5.91 Å². The lowest BCUT2D eigenvalue weighted by atomic mass is 10.2. The van der Waals surface area contributed by atoms with Crippen LogP contribution in [0.25, 0.3) is 0 Å². The molecule has 0 aliphatic rings. The first-order valence-corrected chi connectivity index (χ1v) is 8.83. The molecule has 2 aromatic carbocycles. The van der Waals surface area contributed by atoms with Crippen molar-refractivity contribution in [3.05, 3.63) is 82.6 Å². The lowest BCUT2D eigenvalue weighted by Gasteiger charge is -2.09. The van der Waals surface area contributed by atoms with Crippen molar-refractivity contribution in [3.63, 3.8) is 0 Å². The summed E-state index contributed by atoms with van der Waals surface area (Å²) in [7, 11) is 1.55. The topological polar surface area (TPSA) is 80.3 Å². The number of aromatic nitrogens is 1. The normalized spacial score (nSPS) is 10.2. The van der Waals surface area contributed by atoms with E-state index in [9.17, 15) is 9.59 Å². The molecule has 0 bridgehead atoms. The van der Waals surface area contributed by atoms with E-state index in [1.54, 1.807) is 43.5 Å². The average Bonchev–Trinajstić information content (AvgIpc) is 2.71. The molecule has 3 rings (SSSR count). The van der Waals surface area contributed by atoms with E-state index >= 15 is 0 Å². The molecule has 0 unspecified atom stereocenters. The zero-order chi connectivity index (χ0) is 20.1. The molecule has 142 valence electrons. The summed E-state index contributed by atoms with van der Waals surface area (Å²) in [4.78, 5) is 29.0. The Hall–Kier alpha value is -3.38. The zero-order valence-corrected chi connectivity index (χ0v) is 16.1. The SMILES string of the molecule is COc1cccc(NC(=O)c2cc(C(=O)Nc3ccc(C)c(Cl)c3)ccn2)c1. The summed E-state index contributed by atoms with van der Waals surface area (Å²) < 4.78 is 5.14. The summed E-state index contributed by atoms with van der Waals surface area (Å²) >= 11 is 6.09. The van der Waals surface area contributed by atoms with Crippen molar-refractivity contribution in [3.8, 4) is 5.75 Å². The Kier molecular flexibility index (Phi) is 5.91. The van der Waals surface area contributed by atoms with Gasteiger partial charge in [-0.25, -0.2) is 0 Å². The fourth-order valence-electron chi connectivity index (χ4n) is 2.47. The molecule has 28 heavy (non-hydrogen) atoms. The fourth-order valence-corrected chi connectivity index (χ4v) is 2.65. The largest absolute Gasteiger partial charge is 0.497 e. The molecule has 2 N–H and O–H groups in total. The van der Waals surface area contributed by atoms with Gasteiger partial charge in [0.1, 0.15) is 11.4 Å². The summed E-state index contributed by atoms with van der Waals surface area (Å²) in [6, 6.07) is 15.2. The van der Waals surface area contributed by atoms with Gasteiger partial charge < -0.3 is 15.4 Å². The molecule has 2 amide bonds. The maximum atomic E-state index is 12.5. The zero-order valence-electron chi connectivity index (χ0n) is 15.3. The maximum absolute atomic E-state index is 12.5. The minimum Gasteiger partial charge on any atom is -0.497 e. The number of pyridine rings is 1. The number of carbonyl (C=O) groups excluding carboxylic acids is 2. The van der Waals surface area contributed by atoms with Crippen molar-refractivity contribution >= 4 is 34.8 Å². The molecule has 0 radical (unpaired) electrons. The van der Waals surface area contributed by atoms with Gasteiger partial charge in [0.25, 0.3) is 11.8 Å². The number of methoxy groups -OCH3 is 1. The molecule has 6 nitrogen and oxygen atoms in total. The molecule has 0 atom stereocenters. The van der Waals surface area contributed by atoms with Gasteiger partial charge in [0.05, 0.1) is 7.11 Å². The fraction of sp³-hybridized carbons (Fsp3) is 0.0952. The van der Waals surface area contributed by atoms with Gasteiger partial charge in [-0.05, 0) is 48.9 Å². The number of anilines is 2. The van der Waals surface area contributed by atoms with Gasteiger partial charge in [-0.1, -0.05) is 23.7 Å². The van der Waals surface area contributed by atoms with Gasteiger partial charge in [-0.2, -0.15) is 0 Å². The lowest BCUT2D eigenvalue weighted by Crippen LogP contribution is -2.17. The molecule has 0 spiro atoms. The number of hydrogen-bond donors (Lipinski definition) is 2. The number of benzene rings is 2. The third-order valence-electron chi connectivity index (χ3n) is 4.01. The van der Waals surface area contributed by atoms with Crippen LogP contribution in [0.1, 0.15) is 26.4 Å². The number of amides is 2. The summed E-state index contributed by atoms with van der Waals surface area (Å²) in [6.45, 7) is 1.88. The Morgan fingerprint density at radius 1 is 0.964 bits per heavy atom. The second kappa shape index (κ2) is 8.54. The number of carbonyl (C=O) groups is 2. The van der Waals surface area contributed by atoms with Crippen molar-refractivity contribution in [2.24, 2.45) is 0 Å². The molecular formula is C21H18ClN3O3. The number of rotatable bonds is 5. The van der Waals surface area contributed by atoms with Crippen molar-refractivity contribution in [1.82, 2.24) is 4.98 Å². The lowest BCUT2D eigenvalue weighted by molar-refractivity contribution is 0.102. The second-order valence-corrected chi connectivity index (χ2v) is 6.44. The highest BCUT2D eigenvalue weighted by atomic mass is 35.5.